The molecule has 0 spiro atoms. The number of rotatable bonds is 6. The van der Waals surface area contributed by atoms with Crippen molar-refractivity contribution in [2.24, 2.45) is 11.8 Å². The van der Waals surface area contributed by atoms with E-state index in [9.17, 15) is 0 Å². The molecule has 1 unspecified atom stereocenters. The molecule has 0 amide bonds. The number of nitrogens with two attached hydrogens (primary N) is 1. The number of anilines is 1. The summed E-state index contributed by atoms with van der Waals surface area (Å²) in [5.74, 6) is 6.39. The van der Waals surface area contributed by atoms with Gasteiger partial charge >= 0.3 is 0 Å². The van der Waals surface area contributed by atoms with E-state index in [1.165, 1.54) is 0 Å². The molecular formula is C11H20N4O. The summed E-state index contributed by atoms with van der Waals surface area (Å²) in [7, 11) is 0. The maximum absolute atomic E-state index is 5.66. The van der Waals surface area contributed by atoms with E-state index < -0.39 is 0 Å². The molecule has 0 aliphatic carbocycles. The lowest BCUT2D eigenvalue weighted by molar-refractivity contribution is 0.0377. The van der Waals surface area contributed by atoms with Crippen LogP contribution in [0.25, 0.3) is 0 Å². The Kier molecular flexibility index (Phi) is 5.14. The first-order valence-electron chi connectivity index (χ1n) is 5.51. The summed E-state index contributed by atoms with van der Waals surface area (Å²) in [6.45, 7) is 6.93. The van der Waals surface area contributed by atoms with Crippen molar-refractivity contribution in [2.45, 2.75) is 39.9 Å². The maximum atomic E-state index is 5.66. The molecule has 5 nitrogen and oxygen atoms in total. The average molecular weight is 224 g/mol. The lowest BCUT2D eigenvalue weighted by Crippen LogP contribution is -2.12. The van der Waals surface area contributed by atoms with Gasteiger partial charge < -0.3 is 10.2 Å². The van der Waals surface area contributed by atoms with Gasteiger partial charge in [0.15, 0.2) is 5.82 Å². The molecule has 90 valence electrons. The molecule has 1 aromatic rings. The van der Waals surface area contributed by atoms with Crippen LogP contribution in [-0.4, -0.2) is 16.1 Å². The molecule has 1 rings (SSSR count). The van der Waals surface area contributed by atoms with Crippen molar-refractivity contribution in [3.05, 3.63) is 18.1 Å². The Morgan fingerprint density at radius 2 is 2.06 bits per heavy atom. The minimum Gasteiger partial charge on any atom is -0.372 e. The van der Waals surface area contributed by atoms with E-state index in [0.29, 0.717) is 18.3 Å². The summed E-state index contributed by atoms with van der Waals surface area (Å²) >= 11 is 0. The Balaban J connectivity index is 2.36. The number of hydrogen-bond donors (Lipinski definition) is 2. The third kappa shape index (κ3) is 4.55. The molecule has 0 aliphatic heterocycles. The summed E-state index contributed by atoms with van der Waals surface area (Å²) in [6, 6.07) is 0. The molecule has 3 N–H and O–H groups in total. The highest BCUT2D eigenvalue weighted by Gasteiger charge is 2.06. The monoisotopic (exact) mass is 224 g/mol. The smallest absolute Gasteiger partial charge is 0.158 e. The molecule has 5 heteroatoms. The van der Waals surface area contributed by atoms with Crippen LogP contribution in [0.5, 0.6) is 0 Å². The first kappa shape index (κ1) is 12.9. The zero-order valence-corrected chi connectivity index (χ0v) is 10.1. The van der Waals surface area contributed by atoms with Crippen LogP contribution in [0.3, 0.4) is 0 Å². The molecule has 1 heterocycles. The van der Waals surface area contributed by atoms with Crippen molar-refractivity contribution in [3.63, 3.8) is 0 Å². The Morgan fingerprint density at radius 3 is 2.56 bits per heavy atom. The SMILES string of the molecule is CC(C)CC(C)OCc1cnc(NN)cn1. The third-order valence-corrected chi connectivity index (χ3v) is 2.17. The number of nitrogens with zero attached hydrogens (tertiary/aromatic N) is 2. The number of ether oxygens (including phenoxy) is 1. The molecule has 1 atom stereocenters. The summed E-state index contributed by atoms with van der Waals surface area (Å²) < 4.78 is 5.66. The van der Waals surface area contributed by atoms with E-state index in [4.69, 9.17) is 10.6 Å². The fourth-order valence-corrected chi connectivity index (χ4v) is 1.46. The van der Waals surface area contributed by atoms with Crippen molar-refractivity contribution in [1.82, 2.24) is 9.97 Å². The first-order valence-corrected chi connectivity index (χ1v) is 5.51. The van der Waals surface area contributed by atoms with Crippen LogP contribution in [0, 0.1) is 5.92 Å². The second-order valence-electron chi connectivity index (χ2n) is 4.29. The van der Waals surface area contributed by atoms with Crippen LogP contribution in [0.1, 0.15) is 32.9 Å². The Labute approximate surface area is 96.4 Å². The molecule has 0 aliphatic rings. The molecule has 0 saturated carbocycles. The van der Waals surface area contributed by atoms with Crippen molar-refractivity contribution in [2.75, 3.05) is 5.43 Å². The van der Waals surface area contributed by atoms with Gasteiger partial charge in [0.25, 0.3) is 0 Å². The lowest BCUT2D eigenvalue weighted by atomic mass is 10.1. The van der Waals surface area contributed by atoms with Gasteiger partial charge in [-0.15, -0.1) is 0 Å². The number of aromatic nitrogens is 2. The molecule has 1 aromatic heterocycles. The van der Waals surface area contributed by atoms with E-state index in [0.717, 1.165) is 12.1 Å². The summed E-state index contributed by atoms with van der Waals surface area (Å²) in [5.41, 5.74) is 3.25. The standard InChI is InChI=1S/C11H20N4O/c1-8(2)4-9(3)16-7-10-5-14-11(15-12)6-13-10/h5-6,8-9H,4,7,12H2,1-3H3,(H,14,15). The third-order valence-electron chi connectivity index (χ3n) is 2.17. The van der Waals surface area contributed by atoms with Crippen LogP contribution >= 0.6 is 0 Å². The number of nitrogen functional groups attached to an aromatic ring is 1. The van der Waals surface area contributed by atoms with Crippen molar-refractivity contribution >= 4 is 5.82 Å². The fraction of sp³-hybridized carbons (Fsp3) is 0.636. The number of nitrogens with one attached hydrogen (secondary N) is 1. The van der Waals surface area contributed by atoms with Gasteiger partial charge in [0.05, 0.1) is 30.8 Å². The highest BCUT2D eigenvalue weighted by molar-refractivity contribution is 5.28. The zero-order valence-electron chi connectivity index (χ0n) is 10.1. The van der Waals surface area contributed by atoms with Gasteiger partial charge in [-0.3, -0.25) is 4.98 Å². The minimum absolute atomic E-state index is 0.245. The largest absolute Gasteiger partial charge is 0.372 e. The highest BCUT2D eigenvalue weighted by atomic mass is 16.5. The number of hydrogen-bond acceptors (Lipinski definition) is 5. The molecule has 0 radical (unpaired) electrons. The second-order valence-corrected chi connectivity index (χ2v) is 4.29. The molecule has 0 aromatic carbocycles. The van der Waals surface area contributed by atoms with Gasteiger partial charge in [-0.05, 0) is 19.3 Å². The van der Waals surface area contributed by atoms with Gasteiger partial charge in [0, 0.05) is 0 Å². The molecular weight excluding hydrogens is 204 g/mol. The quantitative estimate of drug-likeness (QED) is 0.568. The van der Waals surface area contributed by atoms with Gasteiger partial charge in [0.1, 0.15) is 0 Å². The summed E-state index contributed by atoms with van der Waals surface area (Å²) in [4.78, 5) is 8.23. The van der Waals surface area contributed by atoms with Crippen LogP contribution in [0.15, 0.2) is 12.4 Å². The van der Waals surface area contributed by atoms with Crippen molar-refractivity contribution < 1.29 is 4.74 Å². The van der Waals surface area contributed by atoms with E-state index in [1.54, 1.807) is 12.4 Å². The van der Waals surface area contributed by atoms with Crippen LogP contribution < -0.4 is 11.3 Å². The van der Waals surface area contributed by atoms with Crippen LogP contribution in [0.2, 0.25) is 0 Å². The second kappa shape index (κ2) is 6.40. The van der Waals surface area contributed by atoms with Crippen molar-refractivity contribution in [1.29, 1.82) is 0 Å². The van der Waals surface area contributed by atoms with Gasteiger partial charge in [-0.1, -0.05) is 13.8 Å². The van der Waals surface area contributed by atoms with Crippen LogP contribution in [0.4, 0.5) is 5.82 Å². The minimum atomic E-state index is 0.245. The summed E-state index contributed by atoms with van der Waals surface area (Å²) in [6.07, 6.45) is 4.55. The first-order chi connectivity index (χ1) is 7.61. The Morgan fingerprint density at radius 1 is 1.31 bits per heavy atom. The maximum Gasteiger partial charge on any atom is 0.158 e. The van der Waals surface area contributed by atoms with Gasteiger partial charge in [-0.25, -0.2) is 10.8 Å². The Hall–Kier alpha value is -1.20. The fourth-order valence-electron chi connectivity index (χ4n) is 1.46. The van der Waals surface area contributed by atoms with Crippen molar-refractivity contribution in [3.8, 4) is 0 Å². The zero-order chi connectivity index (χ0) is 12.0. The molecule has 0 saturated heterocycles. The number of hydrazine groups is 1. The Bertz CT molecular complexity index is 299. The molecule has 0 bridgehead atoms. The topological polar surface area (TPSA) is 73.1 Å². The molecule has 0 fully saturated rings. The van der Waals surface area contributed by atoms with Gasteiger partial charge in [0.2, 0.25) is 0 Å². The lowest BCUT2D eigenvalue weighted by Gasteiger charge is -2.14. The van der Waals surface area contributed by atoms with Crippen LogP contribution in [-0.2, 0) is 11.3 Å². The summed E-state index contributed by atoms with van der Waals surface area (Å²) in [5, 5.41) is 0. The average Bonchev–Trinajstić information content (AvgIpc) is 2.26. The van der Waals surface area contributed by atoms with E-state index in [2.05, 4.69) is 36.2 Å². The predicted octanol–water partition coefficient (Wildman–Crippen LogP) is 1.71. The molecule has 16 heavy (non-hydrogen) atoms. The van der Waals surface area contributed by atoms with E-state index >= 15 is 0 Å². The normalized spacial score (nSPS) is 12.8. The highest BCUT2D eigenvalue weighted by Crippen LogP contribution is 2.09. The van der Waals surface area contributed by atoms with E-state index in [1.807, 2.05) is 0 Å². The van der Waals surface area contributed by atoms with E-state index in [-0.39, 0.29) is 6.10 Å². The predicted molar refractivity (Wildman–Crippen MR) is 63.5 cm³/mol. The van der Waals surface area contributed by atoms with Gasteiger partial charge in [-0.2, -0.15) is 0 Å².